The molecule has 2 heterocycles. The van der Waals surface area contributed by atoms with E-state index in [1.54, 1.807) is 34.7 Å². The molecule has 1 aliphatic heterocycles. The van der Waals surface area contributed by atoms with Crippen LogP contribution in [0.2, 0.25) is 10.0 Å². The van der Waals surface area contributed by atoms with Crippen LogP contribution in [0.4, 0.5) is 10.6 Å². The van der Waals surface area contributed by atoms with Crippen LogP contribution in [-0.4, -0.2) is 44.5 Å². The van der Waals surface area contributed by atoms with E-state index in [4.69, 9.17) is 23.2 Å². The van der Waals surface area contributed by atoms with Crippen molar-refractivity contribution in [1.82, 2.24) is 14.7 Å². The van der Waals surface area contributed by atoms with E-state index in [1.807, 2.05) is 13.8 Å². The highest BCUT2D eigenvalue weighted by Crippen LogP contribution is 2.29. The second kappa shape index (κ2) is 7.10. The smallest absolute Gasteiger partial charge is 0.323 e. The summed E-state index contributed by atoms with van der Waals surface area (Å²) in [5, 5.41) is 18.4. The standard InChI is InChI=1S/C18H22Cl2N4O2/c1-11-12(2)22-24(13-4-5-14(19)15(20)10-13)16(11)21-17(25)23-8-6-18(3,26)7-9-23/h4-5,10,26H,6-9H2,1-3H3,(H,21,25). The molecule has 6 nitrogen and oxygen atoms in total. The molecule has 1 aromatic carbocycles. The van der Waals surface area contributed by atoms with Crippen molar-refractivity contribution >= 4 is 35.1 Å². The summed E-state index contributed by atoms with van der Waals surface area (Å²) in [6.45, 7) is 6.62. The SMILES string of the molecule is Cc1nn(-c2ccc(Cl)c(Cl)c2)c(NC(=O)N2CCC(C)(O)CC2)c1C. The minimum atomic E-state index is -0.703. The van der Waals surface area contributed by atoms with Gasteiger partial charge in [0.05, 0.1) is 27.0 Å². The van der Waals surface area contributed by atoms with Gasteiger partial charge in [-0.15, -0.1) is 0 Å². The first-order chi connectivity index (χ1) is 12.2. The van der Waals surface area contributed by atoms with Gasteiger partial charge in [0.2, 0.25) is 0 Å². The van der Waals surface area contributed by atoms with Crippen molar-refractivity contribution in [2.24, 2.45) is 0 Å². The van der Waals surface area contributed by atoms with E-state index in [2.05, 4.69) is 10.4 Å². The molecule has 140 valence electrons. The van der Waals surface area contributed by atoms with Gasteiger partial charge in [-0.3, -0.25) is 5.32 Å². The van der Waals surface area contributed by atoms with Crippen LogP contribution in [0, 0.1) is 13.8 Å². The monoisotopic (exact) mass is 396 g/mol. The molecule has 1 aliphatic rings. The lowest BCUT2D eigenvalue weighted by Gasteiger charge is -2.35. The Morgan fingerprint density at radius 1 is 1.23 bits per heavy atom. The first-order valence-corrected chi connectivity index (χ1v) is 9.23. The molecular formula is C18H22Cl2N4O2. The Morgan fingerprint density at radius 2 is 1.88 bits per heavy atom. The first-order valence-electron chi connectivity index (χ1n) is 8.48. The number of aryl methyl sites for hydroxylation is 1. The summed E-state index contributed by atoms with van der Waals surface area (Å²) in [5.41, 5.74) is 1.71. The van der Waals surface area contributed by atoms with Crippen LogP contribution in [0.25, 0.3) is 5.69 Å². The van der Waals surface area contributed by atoms with Gasteiger partial charge in [-0.25, -0.2) is 9.48 Å². The Morgan fingerprint density at radius 3 is 2.50 bits per heavy atom. The summed E-state index contributed by atoms with van der Waals surface area (Å²) in [7, 11) is 0. The first kappa shape index (κ1) is 19.0. The molecule has 2 N–H and O–H groups in total. The molecule has 8 heteroatoms. The molecule has 1 aromatic heterocycles. The largest absolute Gasteiger partial charge is 0.390 e. The molecular weight excluding hydrogens is 375 g/mol. The number of likely N-dealkylation sites (tertiary alicyclic amines) is 1. The lowest BCUT2D eigenvalue weighted by molar-refractivity contribution is 0.00569. The maximum absolute atomic E-state index is 12.7. The fraction of sp³-hybridized carbons (Fsp3) is 0.444. The number of benzene rings is 1. The lowest BCUT2D eigenvalue weighted by atomic mass is 9.94. The van der Waals surface area contributed by atoms with E-state index >= 15 is 0 Å². The molecule has 0 spiro atoms. The predicted octanol–water partition coefficient (Wildman–Crippen LogP) is 4.17. The number of urea groups is 1. The fourth-order valence-electron chi connectivity index (χ4n) is 2.93. The van der Waals surface area contributed by atoms with E-state index in [0.717, 1.165) is 11.3 Å². The highest BCUT2D eigenvalue weighted by molar-refractivity contribution is 6.42. The van der Waals surface area contributed by atoms with Crippen molar-refractivity contribution in [2.75, 3.05) is 18.4 Å². The molecule has 3 rings (SSSR count). The molecule has 0 aliphatic carbocycles. The van der Waals surface area contributed by atoms with E-state index in [9.17, 15) is 9.90 Å². The Balaban J connectivity index is 1.86. The Hall–Kier alpha value is -1.76. The molecule has 2 amide bonds. The molecule has 0 saturated carbocycles. The number of aliphatic hydroxyl groups is 1. The second-order valence-corrected chi connectivity index (χ2v) is 7.80. The van der Waals surface area contributed by atoms with Crippen molar-refractivity contribution < 1.29 is 9.90 Å². The summed E-state index contributed by atoms with van der Waals surface area (Å²) in [5.74, 6) is 0.600. The summed E-state index contributed by atoms with van der Waals surface area (Å²) in [6, 6.07) is 5.01. The van der Waals surface area contributed by atoms with Gasteiger partial charge in [-0.2, -0.15) is 5.10 Å². The zero-order chi connectivity index (χ0) is 19.1. The number of hydrogen-bond donors (Lipinski definition) is 2. The normalized spacial score (nSPS) is 16.6. The number of halogens is 2. The summed E-state index contributed by atoms with van der Waals surface area (Å²) in [4.78, 5) is 14.4. The van der Waals surface area contributed by atoms with Gasteiger partial charge in [0.1, 0.15) is 5.82 Å². The van der Waals surface area contributed by atoms with Crippen LogP contribution < -0.4 is 5.32 Å². The van der Waals surface area contributed by atoms with Crippen LogP contribution >= 0.6 is 23.2 Å². The minimum Gasteiger partial charge on any atom is -0.390 e. The summed E-state index contributed by atoms with van der Waals surface area (Å²) < 4.78 is 1.66. The van der Waals surface area contributed by atoms with Gasteiger partial charge < -0.3 is 10.0 Å². The van der Waals surface area contributed by atoms with Crippen molar-refractivity contribution in [2.45, 2.75) is 39.2 Å². The maximum Gasteiger partial charge on any atom is 0.323 e. The number of nitrogens with one attached hydrogen (secondary N) is 1. The molecule has 1 saturated heterocycles. The Bertz CT molecular complexity index is 838. The Kier molecular flexibility index (Phi) is 5.19. The molecule has 0 unspecified atom stereocenters. The predicted molar refractivity (Wildman–Crippen MR) is 104 cm³/mol. The summed E-state index contributed by atoms with van der Waals surface area (Å²) in [6.07, 6.45) is 1.12. The zero-order valence-corrected chi connectivity index (χ0v) is 16.5. The van der Waals surface area contributed by atoms with Gasteiger partial charge in [-0.1, -0.05) is 23.2 Å². The van der Waals surface area contributed by atoms with Gasteiger partial charge in [0.15, 0.2) is 0 Å². The minimum absolute atomic E-state index is 0.204. The maximum atomic E-state index is 12.7. The lowest BCUT2D eigenvalue weighted by Crippen LogP contribution is -2.46. The topological polar surface area (TPSA) is 70.4 Å². The zero-order valence-electron chi connectivity index (χ0n) is 15.0. The van der Waals surface area contributed by atoms with Gasteiger partial charge in [0, 0.05) is 18.7 Å². The van der Waals surface area contributed by atoms with Crippen LogP contribution in [0.3, 0.4) is 0 Å². The van der Waals surface area contributed by atoms with E-state index in [0.29, 0.717) is 47.5 Å². The van der Waals surface area contributed by atoms with Crippen LogP contribution in [0.15, 0.2) is 18.2 Å². The number of hydrogen-bond acceptors (Lipinski definition) is 3. The van der Waals surface area contributed by atoms with Crippen molar-refractivity contribution in [3.05, 3.63) is 39.5 Å². The van der Waals surface area contributed by atoms with E-state index in [1.165, 1.54) is 0 Å². The number of carbonyl (C=O) groups is 1. The highest BCUT2D eigenvalue weighted by atomic mass is 35.5. The molecule has 26 heavy (non-hydrogen) atoms. The average Bonchev–Trinajstić information content (AvgIpc) is 2.85. The number of aromatic nitrogens is 2. The quantitative estimate of drug-likeness (QED) is 0.799. The molecule has 2 aromatic rings. The third-order valence-electron chi connectivity index (χ3n) is 4.86. The number of carbonyl (C=O) groups excluding carboxylic acids is 1. The number of piperidine rings is 1. The van der Waals surface area contributed by atoms with Crippen LogP contribution in [-0.2, 0) is 0 Å². The number of anilines is 1. The fourth-order valence-corrected chi connectivity index (χ4v) is 3.22. The van der Waals surface area contributed by atoms with Crippen molar-refractivity contribution in [3.8, 4) is 5.69 Å². The summed E-state index contributed by atoms with van der Waals surface area (Å²) >= 11 is 12.1. The van der Waals surface area contributed by atoms with Crippen molar-refractivity contribution in [3.63, 3.8) is 0 Å². The van der Waals surface area contributed by atoms with Gasteiger partial charge >= 0.3 is 6.03 Å². The number of nitrogens with zero attached hydrogens (tertiary/aromatic N) is 3. The molecule has 1 fully saturated rings. The average molecular weight is 397 g/mol. The molecule has 0 radical (unpaired) electrons. The third-order valence-corrected chi connectivity index (χ3v) is 5.60. The van der Waals surface area contributed by atoms with Gasteiger partial charge in [0.25, 0.3) is 0 Å². The highest BCUT2D eigenvalue weighted by Gasteiger charge is 2.30. The van der Waals surface area contributed by atoms with E-state index < -0.39 is 5.60 Å². The number of amides is 2. The molecule has 0 atom stereocenters. The van der Waals surface area contributed by atoms with Crippen LogP contribution in [0.5, 0.6) is 0 Å². The van der Waals surface area contributed by atoms with Crippen molar-refractivity contribution in [1.29, 1.82) is 0 Å². The van der Waals surface area contributed by atoms with E-state index in [-0.39, 0.29) is 6.03 Å². The molecule has 0 bridgehead atoms. The second-order valence-electron chi connectivity index (χ2n) is 6.98. The number of rotatable bonds is 2. The van der Waals surface area contributed by atoms with Crippen LogP contribution in [0.1, 0.15) is 31.0 Å². The van der Waals surface area contributed by atoms with Gasteiger partial charge in [-0.05, 0) is 51.8 Å². The Labute approximate surface area is 162 Å². The third kappa shape index (κ3) is 3.82.